The molecule has 3 rings (SSSR count). The molecule has 0 aliphatic heterocycles. The number of amides is 1. The zero-order valence-corrected chi connectivity index (χ0v) is 18.9. The number of benzene rings is 3. The first-order chi connectivity index (χ1) is 15.0. The second kappa shape index (κ2) is 9.40. The number of ether oxygens (including phenoxy) is 1. The van der Waals surface area contributed by atoms with Gasteiger partial charge in [0.15, 0.2) is 0 Å². The van der Waals surface area contributed by atoms with E-state index >= 15 is 0 Å². The maximum absolute atomic E-state index is 12.6. The second-order valence-electron chi connectivity index (χ2n) is 7.26. The number of nitrogens with one attached hydrogen (secondary N) is 1. The number of primary sulfonamides is 1. The van der Waals surface area contributed by atoms with Crippen molar-refractivity contribution in [2.45, 2.75) is 25.2 Å². The fraction of sp³-hybridized carbons (Fsp3) is 0.130. The lowest BCUT2D eigenvalue weighted by Gasteiger charge is -2.12. The van der Waals surface area contributed by atoms with Gasteiger partial charge in [-0.2, -0.15) is 5.26 Å². The highest BCUT2D eigenvalue weighted by Crippen LogP contribution is 2.31. The van der Waals surface area contributed by atoms with Crippen molar-refractivity contribution in [1.82, 2.24) is 0 Å². The van der Waals surface area contributed by atoms with Crippen LogP contribution in [0, 0.1) is 25.2 Å². The van der Waals surface area contributed by atoms with E-state index in [1.807, 2.05) is 19.1 Å². The lowest BCUT2D eigenvalue weighted by molar-refractivity contribution is -0.115. The zero-order chi connectivity index (χ0) is 23.5. The van der Waals surface area contributed by atoms with Gasteiger partial charge in [0.1, 0.15) is 11.5 Å². The smallest absolute Gasteiger partial charge is 0.238 e. The van der Waals surface area contributed by atoms with Crippen molar-refractivity contribution in [2.75, 3.05) is 5.32 Å². The molecule has 3 aromatic carbocycles. The molecule has 32 heavy (non-hydrogen) atoms. The Labute approximate surface area is 191 Å². The van der Waals surface area contributed by atoms with Crippen molar-refractivity contribution in [3.05, 3.63) is 81.9 Å². The van der Waals surface area contributed by atoms with Crippen LogP contribution in [-0.4, -0.2) is 14.3 Å². The number of nitrogens with two attached hydrogens (primary N) is 1. The highest BCUT2D eigenvalue weighted by molar-refractivity contribution is 7.89. The number of anilines is 1. The lowest BCUT2D eigenvalue weighted by atomic mass is 10.1. The van der Waals surface area contributed by atoms with E-state index in [4.69, 9.17) is 26.7 Å². The van der Waals surface area contributed by atoms with E-state index in [1.54, 1.807) is 37.3 Å². The summed E-state index contributed by atoms with van der Waals surface area (Å²) in [5.41, 5.74) is 3.08. The van der Waals surface area contributed by atoms with Crippen LogP contribution in [0.3, 0.4) is 0 Å². The van der Waals surface area contributed by atoms with Crippen LogP contribution < -0.4 is 15.2 Å². The van der Waals surface area contributed by atoms with Crippen molar-refractivity contribution in [2.24, 2.45) is 5.14 Å². The summed E-state index contributed by atoms with van der Waals surface area (Å²) in [5.74, 6) is 0.549. The quantitative estimate of drug-likeness (QED) is 0.552. The minimum atomic E-state index is -3.82. The monoisotopic (exact) mass is 469 g/mol. The van der Waals surface area contributed by atoms with Gasteiger partial charge in [0.25, 0.3) is 0 Å². The number of carbonyl (C=O) groups is 1. The number of rotatable bonds is 6. The van der Waals surface area contributed by atoms with Crippen molar-refractivity contribution < 1.29 is 17.9 Å². The van der Waals surface area contributed by atoms with Gasteiger partial charge in [-0.05, 0) is 73.0 Å². The molecule has 0 atom stereocenters. The first kappa shape index (κ1) is 23.3. The number of aryl methyl sites for hydroxylation is 2. The number of halogens is 1. The van der Waals surface area contributed by atoms with E-state index in [1.165, 1.54) is 18.2 Å². The summed E-state index contributed by atoms with van der Waals surface area (Å²) in [5, 5.41) is 17.4. The predicted molar refractivity (Wildman–Crippen MR) is 122 cm³/mol. The molecule has 0 saturated carbocycles. The third kappa shape index (κ3) is 5.86. The molecule has 0 aliphatic rings. The van der Waals surface area contributed by atoms with Gasteiger partial charge in [-0.15, -0.1) is 0 Å². The van der Waals surface area contributed by atoms with E-state index in [0.29, 0.717) is 38.9 Å². The maximum atomic E-state index is 12.6. The van der Waals surface area contributed by atoms with Crippen LogP contribution in [-0.2, 0) is 21.2 Å². The SMILES string of the molecule is Cc1cc(CC(=O)Nc2ccc(S(N)(=O)=O)cc2C)cc(Oc2cc(C#N)ccc2Cl)c1. The highest BCUT2D eigenvalue weighted by atomic mass is 35.5. The van der Waals surface area contributed by atoms with E-state index in [-0.39, 0.29) is 17.2 Å². The molecule has 7 nitrogen and oxygen atoms in total. The van der Waals surface area contributed by atoms with E-state index in [0.717, 1.165) is 5.56 Å². The molecule has 0 radical (unpaired) electrons. The maximum Gasteiger partial charge on any atom is 0.238 e. The minimum Gasteiger partial charge on any atom is -0.456 e. The largest absolute Gasteiger partial charge is 0.456 e. The van der Waals surface area contributed by atoms with Crippen molar-refractivity contribution in [3.63, 3.8) is 0 Å². The molecule has 1 amide bonds. The molecule has 0 aliphatic carbocycles. The molecule has 9 heteroatoms. The number of hydrogen-bond acceptors (Lipinski definition) is 5. The molecule has 0 heterocycles. The predicted octanol–water partition coefficient (Wildman–Crippen LogP) is 4.45. The van der Waals surface area contributed by atoms with Crippen LogP contribution in [0.15, 0.2) is 59.5 Å². The average Bonchev–Trinajstić information content (AvgIpc) is 2.70. The third-order valence-corrected chi connectivity index (χ3v) is 5.79. The van der Waals surface area contributed by atoms with E-state index < -0.39 is 10.0 Å². The van der Waals surface area contributed by atoms with Gasteiger partial charge < -0.3 is 10.1 Å². The summed E-state index contributed by atoms with van der Waals surface area (Å²) >= 11 is 6.17. The molecule has 0 bridgehead atoms. The first-order valence-electron chi connectivity index (χ1n) is 9.46. The molecular weight excluding hydrogens is 450 g/mol. The Morgan fingerprint density at radius 3 is 2.53 bits per heavy atom. The molecular formula is C23H20ClN3O4S. The Hall–Kier alpha value is -3.38. The van der Waals surface area contributed by atoms with Crippen molar-refractivity contribution in [1.29, 1.82) is 5.26 Å². The van der Waals surface area contributed by atoms with Crippen molar-refractivity contribution >= 4 is 33.2 Å². The van der Waals surface area contributed by atoms with Gasteiger partial charge in [0.05, 0.1) is 28.0 Å². The van der Waals surface area contributed by atoms with Crippen LogP contribution in [0.5, 0.6) is 11.5 Å². The van der Waals surface area contributed by atoms with Gasteiger partial charge in [-0.3, -0.25) is 4.79 Å². The van der Waals surface area contributed by atoms with Gasteiger partial charge in [-0.25, -0.2) is 13.6 Å². The lowest BCUT2D eigenvalue weighted by Crippen LogP contribution is -2.16. The molecule has 0 unspecified atom stereocenters. The zero-order valence-electron chi connectivity index (χ0n) is 17.3. The third-order valence-electron chi connectivity index (χ3n) is 4.56. The van der Waals surface area contributed by atoms with Crippen LogP contribution in [0.4, 0.5) is 5.69 Å². The van der Waals surface area contributed by atoms with E-state index in [2.05, 4.69) is 5.32 Å². The molecule has 0 aromatic heterocycles. The highest BCUT2D eigenvalue weighted by Gasteiger charge is 2.13. The fourth-order valence-corrected chi connectivity index (χ4v) is 3.85. The summed E-state index contributed by atoms with van der Waals surface area (Å²) in [7, 11) is -3.82. The molecule has 3 N–H and O–H groups in total. The fourth-order valence-electron chi connectivity index (χ4n) is 3.10. The molecule has 0 spiro atoms. The van der Waals surface area contributed by atoms with Crippen LogP contribution in [0.2, 0.25) is 5.02 Å². The Balaban J connectivity index is 1.76. The molecule has 164 valence electrons. The number of sulfonamides is 1. The Kier molecular flexibility index (Phi) is 6.84. The van der Waals surface area contributed by atoms with Gasteiger partial charge in [-0.1, -0.05) is 17.7 Å². The van der Waals surface area contributed by atoms with Crippen LogP contribution in [0.25, 0.3) is 0 Å². The molecule has 0 saturated heterocycles. The normalized spacial score (nSPS) is 11.0. The second-order valence-corrected chi connectivity index (χ2v) is 9.23. The average molecular weight is 470 g/mol. The van der Waals surface area contributed by atoms with Crippen LogP contribution in [0.1, 0.15) is 22.3 Å². The molecule has 0 fully saturated rings. The Morgan fingerprint density at radius 1 is 1.12 bits per heavy atom. The number of hydrogen-bond donors (Lipinski definition) is 2. The first-order valence-corrected chi connectivity index (χ1v) is 11.4. The van der Waals surface area contributed by atoms with E-state index in [9.17, 15) is 13.2 Å². The standard InChI is InChI=1S/C23H20ClN3O4S/c1-14-7-17(10-18(8-14)31-22-11-16(13-25)3-5-20(22)24)12-23(28)27-21-6-4-19(9-15(21)2)32(26,29)30/h3-11H,12H2,1-2H3,(H,27,28)(H2,26,29,30). The minimum absolute atomic E-state index is 0.0207. The summed E-state index contributed by atoms with van der Waals surface area (Å²) in [4.78, 5) is 12.6. The van der Waals surface area contributed by atoms with Gasteiger partial charge in [0, 0.05) is 11.8 Å². The molecule has 3 aromatic rings. The van der Waals surface area contributed by atoms with Crippen LogP contribution >= 0.6 is 11.6 Å². The van der Waals surface area contributed by atoms with Gasteiger partial charge in [0.2, 0.25) is 15.9 Å². The number of carbonyl (C=O) groups excluding carboxylic acids is 1. The Morgan fingerprint density at radius 2 is 1.88 bits per heavy atom. The Bertz CT molecular complexity index is 1350. The van der Waals surface area contributed by atoms with Crippen molar-refractivity contribution in [3.8, 4) is 17.6 Å². The summed E-state index contributed by atoms with van der Waals surface area (Å²) in [6.07, 6.45) is 0.0698. The van der Waals surface area contributed by atoms with Gasteiger partial charge >= 0.3 is 0 Å². The topological polar surface area (TPSA) is 122 Å². The summed E-state index contributed by atoms with van der Waals surface area (Å²) < 4.78 is 28.8. The summed E-state index contributed by atoms with van der Waals surface area (Å²) in [6, 6.07) is 16.4. The number of nitrogens with zero attached hydrogens (tertiary/aromatic N) is 1. The summed E-state index contributed by atoms with van der Waals surface area (Å²) in [6.45, 7) is 3.56. The number of nitriles is 1.